The Hall–Kier alpha value is -0.710. The van der Waals surface area contributed by atoms with Crippen molar-refractivity contribution in [2.75, 3.05) is 5.75 Å². The normalized spacial score (nSPS) is 12.3. The highest BCUT2D eigenvalue weighted by atomic mass is 35.5. The van der Waals surface area contributed by atoms with Gasteiger partial charge >= 0.3 is 0 Å². The van der Waals surface area contributed by atoms with E-state index in [1.165, 1.54) is 5.56 Å². The predicted octanol–water partition coefficient (Wildman–Crippen LogP) is 4.16. The van der Waals surface area contributed by atoms with Crippen LogP contribution in [0.15, 0.2) is 53.4 Å². The molecule has 2 aromatic carbocycles. The van der Waals surface area contributed by atoms with Crippen LogP contribution < -0.4 is 11.3 Å². The Labute approximate surface area is 133 Å². The molecule has 0 heterocycles. The third kappa shape index (κ3) is 4.69. The first-order chi connectivity index (χ1) is 9.69. The molecule has 1 unspecified atom stereocenters. The van der Waals surface area contributed by atoms with Gasteiger partial charge in [-0.15, -0.1) is 11.8 Å². The van der Waals surface area contributed by atoms with Crippen LogP contribution in [-0.2, 0) is 6.42 Å². The minimum atomic E-state index is 0.162. The Kier molecular flexibility index (Phi) is 6.20. The predicted molar refractivity (Wildman–Crippen MR) is 88.4 cm³/mol. The standard InChI is InChI=1S/C15H16Cl2N2S/c16-12-5-3-4-11(8-12)9-13(19-18)10-20-15-7-2-1-6-14(15)17/h1-8,13,19H,9-10,18H2. The van der Waals surface area contributed by atoms with Gasteiger partial charge in [0.2, 0.25) is 0 Å². The molecular weight excluding hydrogens is 311 g/mol. The summed E-state index contributed by atoms with van der Waals surface area (Å²) in [7, 11) is 0. The van der Waals surface area contributed by atoms with E-state index in [0.717, 1.165) is 27.1 Å². The van der Waals surface area contributed by atoms with Crippen molar-refractivity contribution in [3.05, 3.63) is 64.1 Å². The molecule has 20 heavy (non-hydrogen) atoms. The summed E-state index contributed by atoms with van der Waals surface area (Å²) >= 11 is 13.8. The van der Waals surface area contributed by atoms with Gasteiger partial charge in [0.15, 0.2) is 0 Å². The topological polar surface area (TPSA) is 38.0 Å². The van der Waals surface area contributed by atoms with E-state index in [2.05, 4.69) is 11.5 Å². The highest BCUT2D eigenvalue weighted by molar-refractivity contribution is 7.99. The number of hydrazine groups is 1. The van der Waals surface area contributed by atoms with Gasteiger partial charge in [-0.3, -0.25) is 11.3 Å². The molecule has 106 valence electrons. The van der Waals surface area contributed by atoms with E-state index in [-0.39, 0.29) is 6.04 Å². The van der Waals surface area contributed by atoms with Gasteiger partial charge in [-0.25, -0.2) is 0 Å². The highest BCUT2D eigenvalue weighted by Gasteiger charge is 2.10. The fraction of sp³-hybridized carbons (Fsp3) is 0.200. The van der Waals surface area contributed by atoms with Crippen LogP contribution in [0.5, 0.6) is 0 Å². The lowest BCUT2D eigenvalue weighted by Crippen LogP contribution is -2.38. The number of rotatable bonds is 6. The molecule has 3 N–H and O–H groups in total. The summed E-state index contributed by atoms with van der Waals surface area (Å²) in [5.41, 5.74) is 4.02. The molecule has 0 bridgehead atoms. The van der Waals surface area contributed by atoms with Crippen molar-refractivity contribution in [2.24, 2.45) is 5.84 Å². The third-order valence-corrected chi connectivity index (χ3v) is 4.80. The van der Waals surface area contributed by atoms with Crippen LogP contribution >= 0.6 is 35.0 Å². The van der Waals surface area contributed by atoms with E-state index in [1.54, 1.807) is 11.8 Å². The van der Waals surface area contributed by atoms with Crippen LogP contribution in [0.2, 0.25) is 10.0 Å². The van der Waals surface area contributed by atoms with Gasteiger partial charge in [-0.05, 0) is 36.2 Å². The number of nitrogens with two attached hydrogens (primary N) is 1. The summed E-state index contributed by atoms with van der Waals surface area (Å²) in [5.74, 6) is 6.47. The van der Waals surface area contributed by atoms with Crippen LogP contribution in [0.25, 0.3) is 0 Å². The van der Waals surface area contributed by atoms with Crippen molar-refractivity contribution in [2.45, 2.75) is 17.4 Å². The molecule has 0 saturated carbocycles. The quantitative estimate of drug-likeness (QED) is 0.475. The van der Waals surface area contributed by atoms with Crippen LogP contribution in [0.3, 0.4) is 0 Å². The summed E-state index contributed by atoms with van der Waals surface area (Å²) in [4.78, 5) is 1.07. The van der Waals surface area contributed by atoms with Crippen molar-refractivity contribution in [1.82, 2.24) is 5.43 Å². The van der Waals surface area contributed by atoms with E-state index < -0.39 is 0 Å². The van der Waals surface area contributed by atoms with Crippen molar-refractivity contribution >= 4 is 35.0 Å². The third-order valence-electron chi connectivity index (χ3n) is 2.88. The highest BCUT2D eigenvalue weighted by Crippen LogP contribution is 2.27. The van der Waals surface area contributed by atoms with Crippen molar-refractivity contribution in [3.63, 3.8) is 0 Å². The van der Waals surface area contributed by atoms with Crippen molar-refractivity contribution in [1.29, 1.82) is 0 Å². The summed E-state index contributed by atoms with van der Waals surface area (Å²) < 4.78 is 0. The lowest BCUT2D eigenvalue weighted by Gasteiger charge is -2.16. The van der Waals surface area contributed by atoms with E-state index in [4.69, 9.17) is 29.0 Å². The maximum atomic E-state index is 6.14. The van der Waals surface area contributed by atoms with Crippen LogP contribution in [0.4, 0.5) is 0 Å². The number of benzene rings is 2. The molecule has 2 nitrogen and oxygen atoms in total. The molecule has 0 amide bonds. The first-order valence-corrected chi connectivity index (χ1v) is 8.01. The molecule has 0 radical (unpaired) electrons. The summed E-state index contributed by atoms with van der Waals surface area (Å²) in [6.07, 6.45) is 0.828. The van der Waals surface area contributed by atoms with Crippen LogP contribution in [0.1, 0.15) is 5.56 Å². The Morgan fingerprint density at radius 1 is 1.10 bits per heavy atom. The smallest absolute Gasteiger partial charge is 0.0541 e. The number of thioether (sulfide) groups is 1. The van der Waals surface area contributed by atoms with Gasteiger partial charge in [-0.2, -0.15) is 0 Å². The number of hydrogen-bond acceptors (Lipinski definition) is 3. The lowest BCUT2D eigenvalue weighted by molar-refractivity contribution is 0.575. The van der Waals surface area contributed by atoms with E-state index in [9.17, 15) is 0 Å². The number of halogens is 2. The fourth-order valence-electron chi connectivity index (χ4n) is 1.87. The molecule has 0 aromatic heterocycles. The molecule has 0 aliphatic carbocycles. The second kappa shape index (κ2) is 7.91. The van der Waals surface area contributed by atoms with Gasteiger partial charge < -0.3 is 0 Å². The zero-order valence-electron chi connectivity index (χ0n) is 10.9. The molecule has 0 aliphatic rings. The maximum absolute atomic E-state index is 6.14. The number of hydrogen-bond donors (Lipinski definition) is 2. The van der Waals surface area contributed by atoms with Gasteiger partial charge in [0.25, 0.3) is 0 Å². The fourth-order valence-corrected chi connectivity index (χ4v) is 3.35. The van der Waals surface area contributed by atoms with Gasteiger partial charge in [0.05, 0.1) is 5.02 Å². The second-order valence-electron chi connectivity index (χ2n) is 4.44. The average molecular weight is 327 g/mol. The largest absolute Gasteiger partial charge is 0.271 e. The molecule has 0 fully saturated rings. The molecule has 0 spiro atoms. The summed E-state index contributed by atoms with van der Waals surface area (Å²) in [5, 5.41) is 1.52. The summed E-state index contributed by atoms with van der Waals surface area (Å²) in [6.45, 7) is 0. The Bertz CT molecular complexity index is 563. The zero-order valence-corrected chi connectivity index (χ0v) is 13.2. The zero-order chi connectivity index (χ0) is 14.4. The Balaban J connectivity index is 1.94. The molecule has 0 aliphatic heterocycles. The van der Waals surface area contributed by atoms with Gasteiger partial charge in [0.1, 0.15) is 0 Å². The lowest BCUT2D eigenvalue weighted by atomic mass is 10.1. The first kappa shape index (κ1) is 15.7. The first-order valence-electron chi connectivity index (χ1n) is 6.27. The molecule has 2 rings (SSSR count). The monoisotopic (exact) mass is 326 g/mol. The van der Waals surface area contributed by atoms with Crippen molar-refractivity contribution < 1.29 is 0 Å². The van der Waals surface area contributed by atoms with Gasteiger partial charge in [-0.1, -0.05) is 47.5 Å². The Morgan fingerprint density at radius 3 is 2.60 bits per heavy atom. The average Bonchev–Trinajstić information content (AvgIpc) is 2.45. The second-order valence-corrected chi connectivity index (χ2v) is 6.34. The van der Waals surface area contributed by atoms with Crippen LogP contribution in [0, 0.1) is 0 Å². The van der Waals surface area contributed by atoms with E-state index in [1.807, 2.05) is 42.5 Å². The van der Waals surface area contributed by atoms with Gasteiger partial charge in [0, 0.05) is 21.7 Å². The Morgan fingerprint density at radius 2 is 1.90 bits per heavy atom. The molecule has 0 saturated heterocycles. The van der Waals surface area contributed by atoms with Crippen LogP contribution in [-0.4, -0.2) is 11.8 Å². The minimum absolute atomic E-state index is 0.162. The summed E-state index contributed by atoms with van der Waals surface area (Å²) in [6, 6.07) is 15.8. The molecular formula is C15H16Cl2N2S. The molecule has 1 atom stereocenters. The number of nitrogens with one attached hydrogen (secondary N) is 1. The SMILES string of the molecule is NNC(CSc1ccccc1Cl)Cc1cccc(Cl)c1. The maximum Gasteiger partial charge on any atom is 0.0541 e. The molecule has 5 heteroatoms. The minimum Gasteiger partial charge on any atom is -0.271 e. The molecule has 2 aromatic rings. The van der Waals surface area contributed by atoms with Crippen molar-refractivity contribution in [3.8, 4) is 0 Å². The van der Waals surface area contributed by atoms with E-state index >= 15 is 0 Å². The van der Waals surface area contributed by atoms with E-state index in [0.29, 0.717) is 0 Å².